The minimum absolute atomic E-state index is 0.851. The predicted molar refractivity (Wildman–Crippen MR) is 93.4 cm³/mol. The first-order chi connectivity index (χ1) is 11.1. The molecule has 3 nitrogen and oxygen atoms in total. The Kier molecular flexibility index (Phi) is 3.08. The van der Waals surface area contributed by atoms with E-state index in [9.17, 15) is 0 Å². The van der Waals surface area contributed by atoms with E-state index in [-0.39, 0.29) is 0 Å². The largest absolute Gasteiger partial charge is 0.361 e. The smallest absolute Gasteiger partial charge is 0.141 e. The van der Waals surface area contributed by atoms with Crippen LogP contribution in [0.2, 0.25) is 0 Å². The molecule has 0 radical (unpaired) electrons. The van der Waals surface area contributed by atoms with Crippen molar-refractivity contribution in [3.8, 4) is 22.3 Å². The van der Waals surface area contributed by atoms with E-state index in [0.29, 0.717) is 0 Å². The molecule has 2 heterocycles. The van der Waals surface area contributed by atoms with Gasteiger partial charge in [-0.25, -0.2) is 0 Å². The van der Waals surface area contributed by atoms with Crippen LogP contribution < -0.4 is 0 Å². The predicted octanol–water partition coefficient (Wildman–Crippen LogP) is 5.42. The number of hydrogen-bond acceptors (Lipinski definition) is 2. The summed E-state index contributed by atoms with van der Waals surface area (Å²) in [4.78, 5) is 3.34. The maximum absolute atomic E-state index is 5.35. The van der Waals surface area contributed by atoms with E-state index >= 15 is 0 Å². The molecule has 0 atom stereocenters. The SMILES string of the molecule is Cc1ccccc1-c1cc(-c2c(C)noc2C)cc2[nH]ccc12. The molecule has 0 saturated heterocycles. The molecule has 23 heavy (non-hydrogen) atoms. The van der Waals surface area contributed by atoms with E-state index in [1.54, 1.807) is 0 Å². The first-order valence-electron chi connectivity index (χ1n) is 7.75. The molecule has 0 amide bonds. The van der Waals surface area contributed by atoms with Crippen LogP contribution in [-0.4, -0.2) is 10.1 Å². The van der Waals surface area contributed by atoms with Crippen LogP contribution in [-0.2, 0) is 0 Å². The first-order valence-corrected chi connectivity index (χ1v) is 7.75. The quantitative estimate of drug-likeness (QED) is 0.537. The van der Waals surface area contributed by atoms with E-state index < -0.39 is 0 Å². The summed E-state index contributed by atoms with van der Waals surface area (Å²) in [5.41, 5.74) is 8.02. The lowest BCUT2D eigenvalue weighted by Gasteiger charge is -2.10. The molecule has 2 aromatic carbocycles. The van der Waals surface area contributed by atoms with Gasteiger partial charge in [0.1, 0.15) is 5.76 Å². The van der Waals surface area contributed by atoms with Crippen LogP contribution in [0.15, 0.2) is 53.2 Å². The van der Waals surface area contributed by atoms with Crippen LogP contribution in [0.3, 0.4) is 0 Å². The van der Waals surface area contributed by atoms with Gasteiger partial charge in [-0.3, -0.25) is 0 Å². The summed E-state index contributed by atoms with van der Waals surface area (Å²) in [6, 6.07) is 15.0. The minimum atomic E-state index is 0.851. The van der Waals surface area contributed by atoms with E-state index in [4.69, 9.17) is 4.52 Å². The monoisotopic (exact) mass is 302 g/mol. The van der Waals surface area contributed by atoms with Gasteiger partial charge in [0, 0.05) is 22.7 Å². The van der Waals surface area contributed by atoms with E-state index in [1.807, 2.05) is 20.0 Å². The Morgan fingerprint density at radius 2 is 1.78 bits per heavy atom. The van der Waals surface area contributed by atoms with Gasteiger partial charge in [-0.05, 0) is 61.2 Å². The van der Waals surface area contributed by atoms with Gasteiger partial charge in [0.2, 0.25) is 0 Å². The van der Waals surface area contributed by atoms with Crippen molar-refractivity contribution in [1.82, 2.24) is 10.1 Å². The Balaban J connectivity index is 2.05. The van der Waals surface area contributed by atoms with Gasteiger partial charge in [-0.15, -0.1) is 0 Å². The second-order valence-electron chi connectivity index (χ2n) is 5.98. The number of nitrogens with one attached hydrogen (secondary N) is 1. The highest BCUT2D eigenvalue weighted by Crippen LogP contribution is 2.37. The van der Waals surface area contributed by atoms with Crippen molar-refractivity contribution in [1.29, 1.82) is 0 Å². The van der Waals surface area contributed by atoms with Crippen molar-refractivity contribution in [2.24, 2.45) is 0 Å². The van der Waals surface area contributed by atoms with Gasteiger partial charge in [-0.2, -0.15) is 0 Å². The van der Waals surface area contributed by atoms with Crippen molar-refractivity contribution >= 4 is 10.9 Å². The average molecular weight is 302 g/mol. The molecule has 2 aromatic heterocycles. The third kappa shape index (κ3) is 2.16. The fourth-order valence-electron chi connectivity index (χ4n) is 3.30. The Hall–Kier alpha value is -2.81. The second-order valence-corrected chi connectivity index (χ2v) is 5.98. The topological polar surface area (TPSA) is 41.8 Å². The zero-order valence-electron chi connectivity index (χ0n) is 13.5. The van der Waals surface area contributed by atoms with Gasteiger partial charge >= 0.3 is 0 Å². The standard InChI is InChI=1S/C20H18N2O/c1-12-6-4-5-7-16(12)18-10-15(11-19-17(18)8-9-21-19)20-13(2)22-23-14(20)3/h4-11,21H,1-3H3. The van der Waals surface area contributed by atoms with Gasteiger partial charge in [0.25, 0.3) is 0 Å². The highest BCUT2D eigenvalue weighted by atomic mass is 16.5. The number of aryl methyl sites for hydroxylation is 3. The molecule has 0 unspecified atom stereocenters. The summed E-state index contributed by atoms with van der Waals surface area (Å²) in [7, 11) is 0. The van der Waals surface area contributed by atoms with Crippen molar-refractivity contribution in [3.05, 3.63) is 65.7 Å². The molecule has 3 heteroatoms. The van der Waals surface area contributed by atoms with Gasteiger partial charge in [-0.1, -0.05) is 29.4 Å². The third-order valence-corrected chi connectivity index (χ3v) is 4.43. The van der Waals surface area contributed by atoms with Gasteiger partial charge in [0.05, 0.1) is 5.69 Å². The lowest BCUT2D eigenvalue weighted by molar-refractivity contribution is 0.393. The van der Waals surface area contributed by atoms with E-state index in [2.05, 4.69) is 59.5 Å². The third-order valence-electron chi connectivity index (χ3n) is 4.43. The molecule has 0 aliphatic carbocycles. The molecule has 0 bridgehead atoms. The van der Waals surface area contributed by atoms with Crippen LogP contribution in [0.1, 0.15) is 17.0 Å². The summed E-state index contributed by atoms with van der Waals surface area (Å²) in [5, 5.41) is 5.33. The zero-order chi connectivity index (χ0) is 16.0. The summed E-state index contributed by atoms with van der Waals surface area (Å²) in [6.45, 7) is 6.09. The van der Waals surface area contributed by atoms with Crippen LogP contribution >= 0.6 is 0 Å². The summed E-state index contributed by atoms with van der Waals surface area (Å²) in [6.07, 6.45) is 1.99. The zero-order valence-corrected chi connectivity index (χ0v) is 13.5. The van der Waals surface area contributed by atoms with E-state index in [0.717, 1.165) is 28.1 Å². The molecule has 0 spiro atoms. The van der Waals surface area contributed by atoms with Crippen molar-refractivity contribution in [2.75, 3.05) is 0 Å². The van der Waals surface area contributed by atoms with Crippen molar-refractivity contribution in [2.45, 2.75) is 20.8 Å². The molecule has 0 fully saturated rings. The number of nitrogens with zero attached hydrogens (tertiary/aromatic N) is 1. The molecule has 0 saturated carbocycles. The number of aromatic nitrogens is 2. The van der Waals surface area contributed by atoms with Crippen LogP contribution in [0.25, 0.3) is 33.2 Å². The van der Waals surface area contributed by atoms with Crippen LogP contribution in [0, 0.1) is 20.8 Å². The first kappa shape index (κ1) is 13.8. The molecular weight excluding hydrogens is 284 g/mol. The molecule has 0 aliphatic rings. The maximum atomic E-state index is 5.35. The number of benzene rings is 2. The Labute approximate surface area is 134 Å². The fraction of sp³-hybridized carbons (Fsp3) is 0.150. The van der Waals surface area contributed by atoms with E-state index in [1.165, 1.54) is 22.1 Å². The Bertz CT molecular complexity index is 988. The summed E-state index contributed by atoms with van der Waals surface area (Å²) in [5.74, 6) is 0.851. The Morgan fingerprint density at radius 3 is 2.52 bits per heavy atom. The summed E-state index contributed by atoms with van der Waals surface area (Å²) >= 11 is 0. The second kappa shape index (κ2) is 5.13. The van der Waals surface area contributed by atoms with Gasteiger partial charge in [0.15, 0.2) is 0 Å². The van der Waals surface area contributed by atoms with Crippen molar-refractivity contribution in [3.63, 3.8) is 0 Å². The summed E-state index contributed by atoms with van der Waals surface area (Å²) < 4.78 is 5.35. The van der Waals surface area contributed by atoms with Crippen LogP contribution in [0.4, 0.5) is 0 Å². The maximum Gasteiger partial charge on any atom is 0.141 e. The minimum Gasteiger partial charge on any atom is -0.361 e. The number of rotatable bonds is 2. The molecule has 4 aromatic rings. The van der Waals surface area contributed by atoms with Crippen LogP contribution in [0.5, 0.6) is 0 Å². The Morgan fingerprint density at radius 1 is 0.957 bits per heavy atom. The number of aromatic amines is 1. The molecule has 114 valence electrons. The fourth-order valence-corrected chi connectivity index (χ4v) is 3.30. The number of H-pyrrole nitrogens is 1. The average Bonchev–Trinajstić information content (AvgIpc) is 3.13. The number of hydrogen-bond donors (Lipinski definition) is 1. The molecular formula is C20H18N2O. The van der Waals surface area contributed by atoms with Crippen molar-refractivity contribution < 1.29 is 4.52 Å². The lowest BCUT2D eigenvalue weighted by atomic mass is 9.93. The molecule has 4 rings (SSSR count). The number of fused-ring (bicyclic) bond motifs is 1. The normalized spacial score (nSPS) is 11.3. The highest BCUT2D eigenvalue weighted by Gasteiger charge is 2.15. The molecule has 0 aliphatic heterocycles. The highest BCUT2D eigenvalue weighted by molar-refractivity contribution is 5.99. The lowest BCUT2D eigenvalue weighted by Crippen LogP contribution is -1.88. The molecule has 1 N–H and O–H groups in total. The van der Waals surface area contributed by atoms with Gasteiger partial charge < -0.3 is 9.51 Å².